The predicted molar refractivity (Wildman–Crippen MR) is 97.6 cm³/mol. The van der Waals surface area contributed by atoms with Gasteiger partial charge in [0, 0.05) is 18.7 Å². The standard InChI is InChI=1S/C17H21N3O7S/c1-4-25-17(22)26-14-7-5-13(6-8-14)16(21)18-9-10-19-28(23,24)15-11(2)20-27-12(15)3/h5-8,19H,4,9-10H2,1-3H3,(H,18,21). The SMILES string of the molecule is CCOC(=O)Oc1ccc(C(=O)NCCNS(=O)(=O)c2c(C)noc2C)cc1. The molecule has 2 N–H and O–H groups in total. The Kier molecular flexibility index (Phi) is 7.12. The molecule has 2 rings (SSSR count). The summed E-state index contributed by atoms with van der Waals surface area (Å²) in [5, 5.41) is 6.20. The van der Waals surface area contributed by atoms with Crippen LogP contribution in [-0.2, 0) is 14.8 Å². The Labute approximate surface area is 162 Å². The summed E-state index contributed by atoms with van der Waals surface area (Å²) >= 11 is 0. The number of hydrogen-bond donors (Lipinski definition) is 2. The minimum Gasteiger partial charge on any atom is -0.434 e. The molecule has 0 aliphatic heterocycles. The summed E-state index contributed by atoms with van der Waals surface area (Å²) in [6, 6.07) is 5.84. The maximum Gasteiger partial charge on any atom is 0.513 e. The van der Waals surface area contributed by atoms with Crippen LogP contribution in [0.2, 0.25) is 0 Å². The first kappa shape index (κ1) is 21.4. The number of ether oxygens (including phenoxy) is 2. The molecule has 0 bridgehead atoms. The number of aryl methyl sites for hydroxylation is 2. The highest BCUT2D eigenvalue weighted by atomic mass is 32.2. The molecule has 0 atom stereocenters. The third-order valence-electron chi connectivity index (χ3n) is 3.52. The molecule has 28 heavy (non-hydrogen) atoms. The lowest BCUT2D eigenvalue weighted by molar-refractivity contribution is 0.0954. The summed E-state index contributed by atoms with van der Waals surface area (Å²) in [7, 11) is -3.78. The van der Waals surface area contributed by atoms with Crippen LogP contribution in [0.4, 0.5) is 4.79 Å². The minimum atomic E-state index is -3.78. The summed E-state index contributed by atoms with van der Waals surface area (Å²) in [4.78, 5) is 23.3. The van der Waals surface area contributed by atoms with Gasteiger partial charge in [0.1, 0.15) is 16.3 Å². The predicted octanol–water partition coefficient (Wildman–Crippen LogP) is 1.54. The average molecular weight is 411 g/mol. The van der Waals surface area contributed by atoms with Crippen molar-refractivity contribution in [1.82, 2.24) is 15.2 Å². The van der Waals surface area contributed by atoms with Gasteiger partial charge >= 0.3 is 6.16 Å². The van der Waals surface area contributed by atoms with E-state index in [1.54, 1.807) is 6.92 Å². The fourth-order valence-electron chi connectivity index (χ4n) is 2.31. The fraction of sp³-hybridized carbons (Fsp3) is 0.353. The van der Waals surface area contributed by atoms with Gasteiger partial charge in [-0.2, -0.15) is 0 Å². The molecule has 1 aromatic carbocycles. The number of nitrogens with one attached hydrogen (secondary N) is 2. The van der Waals surface area contributed by atoms with Crippen LogP contribution in [0, 0.1) is 13.8 Å². The number of nitrogens with zero attached hydrogens (tertiary/aromatic N) is 1. The van der Waals surface area contributed by atoms with Crippen molar-refractivity contribution in [2.24, 2.45) is 0 Å². The molecule has 1 heterocycles. The lowest BCUT2D eigenvalue weighted by atomic mass is 10.2. The molecule has 0 saturated heterocycles. The van der Waals surface area contributed by atoms with Crippen LogP contribution in [0.25, 0.3) is 0 Å². The molecular formula is C17H21N3O7S. The smallest absolute Gasteiger partial charge is 0.434 e. The normalized spacial score (nSPS) is 11.1. The Morgan fingerprint density at radius 2 is 1.82 bits per heavy atom. The van der Waals surface area contributed by atoms with Crippen molar-refractivity contribution in [3.05, 3.63) is 41.3 Å². The van der Waals surface area contributed by atoms with Gasteiger partial charge < -0.3 is 19.3 Å². The van der Waals surface area contributed by atoms with Gasteiger partial charge in [-0.25, -0.2) is 17.9 Å². The maximum atomic E-state index is 12.2. The summed E-state index contributed by atoms with van der Waals surface area (Å²) < 4.78 is 41.3. The van der Waals surface area contributed by atoms with E-state index in [1.807, 2.05) is 0 Å². The topological polar surface area (TPSA) is 137 Å². The van der Waals surface area contributed by atoms with Crippen molar-refractivity contribution in [3.63, 3.8) is 0 Å². The van der Waals surface area contributed by atoms with Crippen LogP contribution >= 0.6 is 0 Å². The van der Waals surface area contributed by atoms with Gasteiger partial charge in [-0.3, -0.25) is 4.79 Å². The van der Waals surface area contributed by atoms with Crippen LogP contribution in [0.3, 0.4) is 0 Å². The van der Waals surface area contributed by atoms with Crippen molar-refractivity contribution < 1.29 is 32.0 Å². The van der Waals surface area contributed by atoms with E-state index in [1.165, 1.54) is 38.1 Å². The third kappa shape index (κ3) is 5.54. The van der Waals surface area contributed by atoms with Crippen molar-refractivity contribution in [1.29, 1.82) is 0 Å². The largest absolute Gasteiger partial charge is 0.513 e. The fourth-order valence-corrected chi connectivity index (χ4v) is 3.67. The number of sulfonamides is 1. The van der Waals surface area contributed by atoms with Gasteiger partial charge in [0.25, 0.3) is 5.91 Å². The second-order valence-corrected chi connectivity index (χ2v) is 7.32. The number of carbonyl (C=O) groups excluding carboxylic acids is 2. The molecule has 2 aromatic rings. The first-order chi connectivity index (χ1) is 13.2. The number of amides is 1. The van der Waals surface area contributed by atoms with E-state index in [2.05, 4.69) is 19.9 Å². The van der Waals surface area contributed by atoms with Crippen LogP contribution < -0.4 is 14.8 Å². The Balaban J connectivity index is 1.83. The van der Waals surface area contributed by atoms with E-state index < -0.39 is 22.1 Å². The lowest BCUT2D eigenvalue weighted by Gasteiger charge is -2.08. The van der Waals surface area contributed by atoms with Gasteiger partial charge in [-0.15, -0.1) is 0 Å². The Morgan fingerprint density at radius 1 is 1.14 bits per heavy atom. The van der Waals surface area contributed by atoms with Crippen molar-refractivity contribution in [2.45, 2.75) is 25.7 Å². The van der Waals surface area contributed by atoms with E-state index >= 15 is 0 Å². The van der Waals surface area contributed by atoms with Crippen LogP contribution in [-0.4, -0.2) is 45.3 Å². The number of rotatable bonds is 8. The first-order valence-corrected chi connectivity index (χ1v) is 9.88. The molecule has 0 fully saturated rings. The highest BCUT2D eigenvalue weighted by Crippen LogP contribution is 2.18. The quantitative estimate of drug-likeness (QED) is 0.379. The number of carbonyl (C=O) groups is 2. The van der Waals surface area contributed by atoms with E-state index in [4.69, 9.17) is 9.26 Å². The molecule has 1 aromatic heterocycles. The van der Waals surface area contributed by atoms with Gasteiger partial charge in [0.05, 0.1) is 6.61 Å². The maximum absolute atomic E-state index is 12.2. The van der Waals surface area contributed by atoms with E-state index in [-0.39, 0.29) is 41.8 Å². The number of aromatic nitrogens is 1. The van der Waals surface area contributed by atoms with Crippen molar-refractivity contribution in [2.75, 3.05) is 19.7 Å². The molecular weight excluding hydrogens is 390 g/mol. The summed E-state index contributed by atoms with van der Waals surface area (Å²) in [6.45, 7) is 4.95. The molecule has 0 saturated carbocycles. The number of hydrogen-bond acceptors (Lipinski definition) is 8. The molecule has 0 spiro atoms. The summed E-state index contributed by atoms with van der Waals surface area (Å²) in [5.41, 5.74) is 0.587. The zero-order valence-corrected chi connectivity index (χ0v) is 16.5. The highest BCUT2D eigenvalue weighted by Gasteiger charge is 2.23. The monoisotopic (exact) mass is 411 g/mol. The molecule has 0 aliphatic rings. The average Bonchev–Trinajstić information content (AvgIpc) is 2.98. The minimum absolute atomic E-state index is 0.00369. The first-order valence-electron chi connectivity index (χ1n) is 8.40. The van der Waals surface area contributed by atoms with Crippen molar-refractivity contribution >= 4 is 22.1 Å². The van der Waals surface area contributed by atoms with Gasteiger partial charge in [-0.05, 0) is 45.0 Å². The van der Waals surface area contributed by atoms with Gasteiger partial charge in [0.15, 0.2) is 5.76 Å². The van der Waals surface area contributed by atoms with Gasteiger partial charge in [0.2, 0.25) is 10.0 Å². The molecule has 11 heteroatoms. The molecule has 0 radical (unpaired) electrons. The van der Waals surface area contributed by atoms with E-state index in [0.29, 0.717) is 5.56 Å². The van der Waals surface area contributed by atoms with Gasteiger partial charge in [-0.1, -0.05) is 5.16 Å². The third-order valence-corrected chi connectivity index (χ3v) is 5.22. The lowest BCUT2D eigenvalue weighted by Crippen LogP contribution is -2.35. The Hall–Kier alpha value is -2.92. The van der Waals surface area contributed by atoms with E-state index in [9.17, 15) is 18.0 Å². The van der Waals surface area contributed by atoms with E-state index in [0.717, 1.165) is 0 Å². The second kappa shape index (κ2) is 9.33. The Bertz CT molecular complexity index is 917. The molecule has 1 amide bonds. The van der Waals surface area contributed by atoms with Crippen LogP contribution in [0.15, 0.2) is 33.7 Å². The molecule has 10 nitrogen and oxygen atoms in total. The second-order valence-electron chi connectivity index (χ2n) is 5.62. The van der Waals surface area contributed by atoms with Crippen LogP contribution in [0.5, 0.6) is 5.75 Å². The molecule has 0 aliphatic carbocycles. The van der Waals surface area contributed by atoms with Crippen molar-refractivity contribution in [3.8, 4) is 5.75 Å². The highest BCUT2D eigenvalue weighted by molar-refractivity contribution is 7.89. The summed E-state index contributed by atoms with van der Waals surface area (Å²) in [6.07, 6.45) is -0.828. The zero-order valence-electron chi connectivity index (χ0n) is 15.6. The Morgan fingerprint density at radius 3 is 2.39 bits per heavy atom. The van der Waals surface area contributed by atoms with Crippen LogP contribution in [0.1, 0.15) is 28.7 Å². The number of benzene rings is 1. The molecule has 152 valence electrons. The molecule has 0 unspecified atom stereocenters. The zero-order chi connectivity index (χ0) is 20.7. The summed E-state index contributed by atoms with van der Waals surface area (Å²) in [5.74, 6) is 0.0283.